The fraction of sp³-hybridized carbons (Fsp3) is 0.357. The van der Waals surface area contributed by atoms with E-state index in [0.717, 1.165) is 42.1 Å². The van der Waals surface area contributed by atoms with Gasteiger partial charge in [-0.2, -0.15) is 0 Å². The standard InChI is InChI=1S/C28H32N4O4S/c1-2-37(34,35)25-9-5-19(6-10-25)14-31-28(33)22-13-23-17-32(16-20-3-7-24(29)8-4-20)27(26(23)30-15-22)21-11-12-36-18-21/h3-10,13,15,21,27H,2,11-12,14,16-18,29H2,1H3,(H,31,33)/t21-,27+/m1/s1. The van der Waals surface area contributed by atoms with E-state index in [1.165, 1.54) is 5.56 Å². The summed E-state index contributed by atoms with van der Waals surface area (Å²) in [7, 11) is -3.25. The van der Waals surface area contributed by atoms with Gasteiger partial charge in [0.2, 0.25) is 0 Å². The Labute approximate surface area is 217 Å². The molecule has 8 nitrogen and oxygen atoms in total. The molecule has 0 spiro atoms. The van der Waals surface area contributed by atoms with Crippen molar-refractivity contribution in [3.05, 3.63) is 88.7 Å². The average Bonchev–Trinajstić information content (AvgIpc) is 3.56. The van der Waals surface area contributed by atoms with E-state index >= 15 is 0 Å². The molecule has 1 fully saturated rings. The summed E-state index contributed by atoms with van der Waals surface area (Å²) in [5, 5.41) is 2.93. The van der Waals surface area contributed by atoms with Gasteiger partial charge in [-0.25, -0.2) is 8.42 Å². The molecule has 0 unspecified atom stereocenters. The SMILES string of the molecule is CCS(=O)(=O)c1ccc(CNC(=O)c2cnc3c(c2)CN(Cc2ccc(N)cc2)[C@H]3[C@@H]2CCOC2)cc1. The molecule has 1 aromatic heterocycles. The van der Waals surface area contributed by atoms with Crippen LogP contribution in [0.5, 0.6) is 0 Å². The zero-order valence-electron chi connectivity index (χ0n) is 20.9. The number of nitrogens with zero attached hydrogens (tertiary/aromatic N) is 2. The number of carbonyl (C=O) groups is 1. The van der Waals surface area contributed by atoms with Gasteiger partial charge in [-0.15, -0.1) is 0 Å². The number of sulfone groups is 1. The predicted molar refractivity (Wildman–Crippen MR) is 141 cm³/mol. The molecule has 0 saturated carbocycles. The van der Waals surface area contributed by atoms with Crippen molar-refractivity contribution in [3.8, 4) is 0 Å². The number of carbonyl (C=O) groups excluding carboxylic acids is 1. The molecule has 1 saturated heterocycles. The summed E-state index contributed by atoms with van der Waals surface area (Å²) in [6.45, 7) is 4.87. The van der Waals surface area contributed by atoms with Crippen LogP contribution < -0.4 is 11.1 Å². The van der Waals surface area contributed by atoms with E-state index < -0.39 is 9.84 Å². The van der Waals surface area contributed by atoms with Crippen LogP contribution in [0.2, 0.25) is 0 Å². The average molecular weight is 521 g/mol. The number of hydrogen-bond acceptors (Lipinski definition) is 7. The number of ether oxygens (including phenoxy) is 1. The normalized spacial score (nSPS) is 19.6. The lowest BCUT2D eigenvalue weighted by atomic mass is 9.95. The van der Waals surface area contributed by atoms with Gasteiger partial charge in [0, 0.05) is 44.0 Å². The van der Waals surface area contributed by atoms with Crippen molar-refractivity contribution in [2.24, 2.45) is 5.92 Å². The molecule has 37 heavy (non-hydrogen) atoms. The van der Waals surface area contributed by atoms with Gasteiger partial charge in [0.15, 0.2) is 9.84 Å². The molecule has 3 heterocycles. The second-order valence-corrected chi connectivity index (χ2v) is 12.0. The van der Waals surface area contributed by atoms with Crippen LogP contribution in [0.3, 0.4) is 0 Å². The number of fused-ring (bicyclic) bond motifs is 1. The lowest BCUT2D eigenvalue weighted by Gasteiger charge is -2.28. The van der Waals surface area contributed by atoms with Gasteiger partial charge in [0.05, 0.1) is 34.6 Å². The summed E-state index contributed by atoms with van der Waals surface area (Å²) in [6, 6.07) is 16.7. The molecule has 0 radical (unpaired) electrons. The number of benzene rings is 2. The van der Waals surface area contributed by atoms with Crippen molar-refractivity contribution in [1.82, 2.24) is 15.2 Å². The van der Waals surface area contributed by atoms with Crippen molar-refractivity contribution in [2.45, 2.75) is 43.9 Å². The fourth-order valence-electron chi connectivity index (χ4n) is 5.13. The van der Waals surface area contributed by atoms with Crippen LogP contribution in [-0.2, 0) is 34.2 Å². The summed E-state index contributed by atoms with van der Waals surface area (Å²) in [5.74, 6) is 0.209. The summed E-state index contributed by atoms with van der Waals surface area (Å²) in [5.41, 5.74) is 11.2. The van der Waals surface area contributed by atoms with Crippen molar-refractivity contribution >= 4 is 21.4 Å². The molecule has 194 valence electrons. The number of hydrogen-bond donors (Lipinski definition) is 2. The van der Waals surface area contributed by atoms with Crippen LogP contribution in [-0.4, -0.2) is 43.2 Å². The van der Waals surface area contributed by atoms with E-state index in [0.29, 0.717) is 36.1 Å². The Morgan fingerprint density at radius 3 is 2.54 bits per heavy atom. The van der Waals surface area contributed by atoms with Crippen LogP contribution in [0.25, 0.3) is 0 Å². The summed E-state index contributed by atoms with van der Waals surface area (Å²) >= 11 is 0. The smallest absolute Gasteiger partial charge is 0.253 e. The van der Waals surface area contributed by atoms with Crippen molar-refractivity contribution in [1.29, 1.82) is 0 Å². The Morgan fingerprint density at radius 2 is 1.86 bits per heavy atom. The summed E-state index contributed by atoms with van der Waals surface area (Å²) in [6.07, 6.45) is 2.64. The number of aromatic nitrogens is 1. The van der Waals surface area contributed by atoms with E-state index in [1.54, 1.807) is 37.4 Å². The monoisotopic (exact) mass is 520 g/mol. The molecule has 2 aliphatic rings. The number of rotatable bonds is 8. The van der Waals surface area contributed by atoms with E-state index in [9.17, 15) is 13.2 Å². The molecular formula is C28H32N4O4S. The second-order valence-electron chi connectivity index (χ2n) is 9.71. The maximum absolute atomic E-state index is 12.9. The minimum Gasteiger partial charge on any atom is -0.399 e. The highest BCUT2D eigenvalue weighted by atomic mass is 32.2. The Hall–Kier alpha value is -3.27. The van der Waals surface area contributed by atoms with Crippen molar-refractivity contribution in [2.75, 3.05) is 24.7 Å². The number of amides is 1. The molecule has 3 N–H and O–H groups in total. The summed E-state index contributed by atoms with van der Waals surface area (Å²) < 4.78 is 29.7. The van der Waals surface area contributed by atoms with E-state index in [4.69, 9.17) is 15.5 Å². The van der Waals surface area contributed by atoms with Crippen molar-refractivity contribution < 1.29 is 17.9 Å². The minimum atomic E-state index is -3.25. The van der Waals surface area contributed by atoms with Crippen LogP contribution >= 0.6 is 0 Å². The van der Waals surface area contributed by atoms with Gasteiger partial charge in [-0.3, -0.25) is 14.7 Å². The fourth-order valence-corrected chi connectivity index (χ4v) is 6.01. The highest BCUT2D eigenvalue weighted by molar-refractivity contribution is 7.91. The number of anilines is 1. The number of pyridine rings is 1. The summed E-state index contributed by atoms with van der Waals surface area (Å²) in [4.78, 5) is 20.4. The van der Waals surface area contributed by atoms with Gasteiger partial charge in [0.25, 0.3) is 5.91 Å². The third kappa shape index (κ3) is 5.53. The zero-order chi connectivity index (χ0) is 26.0. The number of nitrogen functional groups attached to an aromatic ring is 1. The third-order valence-corrected chi connectivity index (χ3v) is 8.95. The first-order valence-corrected chi connectivity index (χ1v) is 14.2. The lowest BCUT2D eigenvalue weighted by molar-refractivity contribution is 0.0950. The molecular weight excluding hydrogens is 488 g/mol. The third-order valence-electron chi connectivity index (χ3n) is 7.20. The first kappa shape index (κ1) is 25.4. The minimum absolute atomic E-state index is 0.0560. The molecule has 0 aliphatic carbocycles. The molecule has 9 heteroatoms. The van der Waals surface area contributed by atoms with E-state index in [2.05, 4.69) is 22.3 Å². The molecule has 2 aliphatic heterocycles. The first-order chi connectivity index (χ1) is 17.8. The zero-order valence-corrected chi connectivity index (χ0v) is 21.7. The molecule has 2 aromatic carbocycles. The quantitative estimate of drug-likeness (QED) is 0.437. The van der Waals surface area contributed by atoms with Gasteiger partial charge in [0.1, 0.15) is 0 Å². The number of nitrogens with one attached hydrogen (secondary N) is 1. The van der Waals surface area contributed by atoms with Crippen LogP contribution in [0, 0.1) is 5.92 Å². The van der Waals surface area contributed by atoms with Gasteiger partial charge in [-0.05, 0) is 53.4 Å². The largest absolute Gasteiger partial charge is 0.399 e. The Bertz CT molecular complexity index is 1370. The molecule has 3 aromatic rings. The Morgan fingerprint density at radius 1 is 1.14 bits per heavy atom. The van der Waals surface area contributed by atoms with Crippen LogP contribution in [0.15, 0.2) is 65.7 Å². The van der Waals surface area contributed by atoms with Crippen LogP contribution in [0.1, 0.15) is 52.1 Å². The van der Waals surface area contributed by atoms with Gasteiger partial charge < -0.3 is 15.8 Å². The second kappa shape index (κ2) is 10.6. The first-order valence-electron chi connectivity index (χ1n) is 12.6. The van der Waals surface area contributed by atoms with Crippen molar-refractivity contribution in [3.63, 3.8) is 0 Å². The topological polar surface area (TPSA) is 115 Å². The van der Waals surface area contributed by atoms with E-state index in [-0.39, 0.29) is 17.7 Å². The highest BCUT2D eigenvalue weighted by Gasteiger charge is 2.39. The lowest BCUT2D eigenvalue weighted by Crippen LogP contribution is -2.28. The van der Waals surface area contributed by atoms with E-state index in [1.807, 2.05) is 18.2 Å². The maximum atomic E-state index is 12.9. The molecule has 2 atom stereocenters. The molecule has 1 amide bonds. The Kier molecular flexibility index (Phi) is 7.28. The number of nitrogens with two attached hydrogens (primary N) is 1. The maximum Gasteiger partial charge on any atom is 0.253 e. The molecule has 0 bridgehead atoms. The molecule has 5 rings (SSSR count). The Balaban J connectivity index is 1.29. The van der Waals surface area contributed by atoms with Gasteiger partial charge >= 0.3 is 0 Å². The van der Waals surface area contributed by atoms with Gasteiger partial charge in [-0.1, -0.05) is 31.2 Å². The van der Waals surface area contributed by atoms with Crippen LogP contribution in [0.4, 0.5) is 5.69 Å². The highest BCUT2D eigenvalue weighted by Crippen LogP contribution is 2.41. The predicted octanol–water partition coefficient (Wildman–Crippen LogP) is 3.48.